The molecule has 4 nitrogen and oxygen atoms in total. The van der Waals surface area contributed by atoms with Crippen LogP contribution in [0.2, 0.25) is 0 Å². The Morgan fingerprint density at radius 2 is 1.71 bits per heavy atom. The van der Waals surface area contributed by atoms with Crippen LogP contribution in [0.25, 0.3) is 0 Å². The molecule has 0 aromatic heterocycles. The van der Waals surface area contributed by atoms with Crippen LogP contribution in [0.1, 0.15) is 16.7 Å². The standard InChI is InChI=1S/C17H19NO3/c1-13-3-7-15(8-4-13)17(18-20-2)12-21-16-9-5-14(11-19)6-10-16/h3-10,19H,11-12H2,1-2H3/b18-17+. The molecule has 0 unspecified atom stereocenters. The van der Waals surface area contributed by atoms with Crippen LogP contribution in [0.15, 0.2) is 53.7 Å². The number of benzene rings is 2. The van der Waals surface area contributed by atoms with Gasteiger partial charge in [-0.1, -0.05) is 47.1 Å². The maximum Gasteiger partial charge on any atom is 0.134 e. The molecule has 110 valence electrons. The number of aliphatic hydroxyl groups excluding tert-OH is 1. The molecule has 21 heavy (non-hydrogen) atoms. The molecule has 2 aromatic rings. The number of aliphatic hydroxyl groups is 1. The Bertz CT molecular complexity index is 588. The molecular weight excluding hydrogens is 266 g/mol. The van der Waals surface area contributed by atoms with Crippen molar-refractivity contribution >= 4 is 5.71 Å². The van der Waals surface area contributed by atoms with Gasteiger partial charge in [-0.3, -0.25) is 0 Å². The molecule has 0 aliphatic heterocycles. The van der Waals surface area contributed by atoms with Gasteiger partial charge in [0.2, 0.25) is 0 Å². The molecule has 1 N–H and O–H groups in total. The van der Waals surface area contributed by atoms with Gasteiger partial charge in [0, 0.05) is 5.56 Å². The monoisotopic (exact) mass is 285 g/mol. The second-order valence-corrected chi connectivity index (χ2v) is 4.68. The van der Waals surface area contributed by atoms with Gasteiger partial charge in [0.1, 0.15) is 25.2 Å². The molecule has 0 aliphatic rings. The van der Waals surface area contributed by atoms with Crippen molar-refractivity contribution in [1.29, 1.82) is 0 Å². The molecule has 4 heteroatoms. The summed E-state index contributed by atoms with van der Waals surface area (Å²) in [4.78, 5) is 4.89. The molecule has 2 aromatic carbocycles. The predicted octanol–water partition coefficient (Wildman–Crippen LogP) is 2.92. The zero-order valence-electron chi connectivity index (χ0n) is 12.2. The lowest BCUT2D eigenvalue weighted by Gasteiger charge is -2.09. The number of oxime groups is 1. The average Bonchev–Trinajstić information content (AvgIpc) is 2.53. The van der Waals surface area contributed by atoms with Crippen LogP contribution < -0.4 is 4.74 Å². The summed E-state index contributed by atoms with van der Waals surface area (Å²) in [5.41, 5.74) is 3.74. The van der Waals surface area contributed by atoms with Gasteiger partial charge in [0.05, 0.1) is 6.61 Å². The molecule has 2 rings (SSSR count). The highest BCUT2D eigenvalue weighted by atomic mass is 16.6. The third kappa shape index (κ3) is 4.33. The van der Waals surface area contributed by atoms with Crippen LogP contribution in [0, 0.1) is 6.92 Å². The van der Waals surface area contributed by atoms with Crippen molar-refractivity contribution in [3.63, 3.8) is 0 Å². The summed E-state index contributed by atoms with van der Waals surface area (Å²) in [6.07, 6.45) is 0. The Labute approximate surface area is 124 Å². The lowest BCUT2D eigenvalue weighted by molar-refractivity contribution is 0.210. The number of nitrogens with zero attached hydrogens (tertiary/aromatic N) is 1. The van der Waals surface area contributed by atoms with E-state index in [1.54, 1.807) is 0 Å². The van der Waals surface area contributed by atoms with Crippen LogP contribution in [0.5, 0.6) is 5.75 Å². The lowest BCUT2D eigenvalue weighted by atomic mass is 10.1. The van der Waals surface area contributed by atoms with E-state index in [2.05, 4.69) is 5.16 Å². The molecular formula is C17H19NO3. The van der Waals surface area contributed by atoms with Gasteiger partial charge in [-0.25, -0.2) is 0 Å². The summed E-state index contributed by atoms with van der Waals surface area (Å²) < 4.78 is 5.71. The molecule has 0 amide bonds. The fourth-order valence-electron chi connectivity index (χ4n) is 1.86. The highest BCUT2D eigenvalue weighted by molar-refractivity contribution is 6.01. The first-order valence-corrected chi connectivity index (χ1v) is 6.72. The summed E-state index contributed by atoms with van der Waals surface area (Å²) in [6, 6.07) is 15.3. The second-order valence-electron chi connectivity index (χ2n) is 4.68. The van der Waals surface area contributed by atoms with Gasteiger partial charge in [0.15, 0.2) is 0 Å². The van der Waals surface area contributed by atoms with E-state index in [1.807, 2.05) is 55.5 Å². The summed E-state index contributed by atoms with van der Waals surface area (Å²) in [7, 11) is 1.52. The number of hydrogen-bond acceptors (Lipinski definition) is 4. The van der Waals surface area contributed by atoms with Crippen molar-refractivity contribution in [3.8, 4) is 5.75 Å². The number of rotatable bonds is 6. The summed E-state index contributed by atoms with van der Waals surface area (Å²) in [5.74, 6) is 0.725. The molecule has 0 atom stereocenters. The topological polar surface area (TPSA) is 51.0 Å². The zero-order valence-corrected chi connectivity index (χ0v) is 12.2. The Morgan fingerprint density at radius 1 is 1.05 bits per heavy atom. The van der Waals surface area contributed by atoms with Gasteiger partial charge >= 0.3 is 0 Å². The Morgan fingerprint density at radius 3 is 2.29 bits per heavy atom. The molecule has 0 fully saturated rings. The minimum Gasteiger partial charge on any atom is -0.487 e. The first-order chi connectivity index (χ1) is 10.2. The SMILES string of the molecule is CO/N=C(\COc1ccc(CO)cc1)c1ccc(C)cc1. The van der Waals surface area contributed by atoms with Crippen molar-refractivity contribution in [3.05, 3.63) is 65.2 Å². The van der Waals surface area contributed by atoms with Crippen LogP contribution in [0.3, 0.4) is 0 Å². The maximum atomic E-state index is 9.01. The highest BCUT2D eigenvalue weighted by Crippen LogP contribution is 2.13. The maximum absolute atomic E-state index is 9.01. The van der Waals surface area contributed by atoms with E-state index in [0.717, 1.165) is 22.6 Å². The third-order valence-electron chi connectivity index (χ3n) is 3.07. The normalized spacial score (nSPS) is 11.3. The highest BCUT2D eigenvalue weighted by Gasteiger charge is 2.06. The number of ether oxygens (including phenoxy) is 1. The fraction of sp³-hybridized carbons (Fsp3) is 0.235. The van der Waals surface area contributed by atoms with E-state index in [4.69, 9.17) is 14.7 Å². The number of aryl methyl sites for hydroxylation is 1. The van der Waals surface area contributed by atoms with Crippen molar-refractivity contribution < 1.29 is 14.7 Å². The smallest absolute Gasteiger partial charge is 0.134 e. The molecule has 0 aliphatic carbocycles. The van der Waals surface area contributed by atoms with Gasteiger partial charge in [-0.2, -0.15) is 0 Å². The van der Waals surface area contributed by atoms with Crippen LogP contribution in [-0.2, 0) is 11.4 Å². The van der Waals surface area contributed by atoms with Crippen molar-refractivity contribution in [1.82, 2.24) is 0 Å². The van der Waals surface area contributed by atoms with E-state index >= 15 is 0 Å². The van der Waals surface area contributed by atoms with E-state index < -0.39 is 0 Å². The van der Waals surface area contributed by atoms with Crippen LogP contribution in [0.4, 0.5) is 0 Å². The molecule has 0 heterocycles. The van der Waals surface area contributed by atoms with Crippen LogP contribution in [-0.4, -0.2) is 24.5 Å². The minimum atomic E-state index is 0.0278. The first-order valence-electron chi connectivity index (χ1n) is 6.72. The minimum absolute atomic E-state index is 0.0278. The fourth-order valence-corrected chi connectivity index (χ4v) is 1.86. The second kappa shape index (κ2) is 7.45. The summed E-state index contributed by atoms with van der Waals surface area (Å²) in [6.45, 7) is 2.38. The summed E-state index contributed by atoms with van der Waals surface area (Å²) in [5, 5.41) is 13.0. The lowest BCUT2D eigenvalue weighted by Crippen LogP contribution is -2.13. The van der Waals surface area contributed by atoms with E-state index in [0.29, 0.717) is 6.61 Å². The summed E-state index contributed by atoms with van der Waals surface area (Å²) >= 11 is 0. The Hall–Kier alpha value is -2.33. The van der Waals surface area contributed by atoms with Crippen molar-refractivity contribution in [2.45, 2.75) is 13.5 Å². The Kier molecular flexibility index (Phi) is 5.35. The van der Waals surface area contributed by atoms with Gasteiger partial charge in [-0.15, -0.1) is 0 Å². The van der Waals surface area contributed by atoms with Crippen molar-refractivity contribution in [2.75, 3.05) is 13.7 Å². The number of hydrogen-bond donors (Lipinski definition) is 1. The molecule has 0 radical (unpaired) electrons. The first kappa shape index (κ1) is 15.1. The Balaban J connectivity index is 2.06. The van der Waals surface area contributed by atoms with E-state index in [9.17, 15) is 0 Å². The zero-order chi connectivity index (χ0) is 15.1. The van der Waals surface area contributed by atoms with E-state index in [1.165, 1.54) is 12.7 Å². The molecule has 0 saturated heterocycles. The van der Waals surface area contributed by atoms with E-state index in [-0.39, 0.29) is 6.61 Å². The average molecular weight is 285 g/mol. The molecule has 0 spiro atoms. The van der Waals surface area contributed by atoms with Crippen LogP contribution >= 0.6 is 0 Å². The van der Waals surface area contributed by atoms with Gasteiger partial charge < -0.3 is 14.7 Å². The largest absolute Gasteiger partial charge is 0.487 e. The third-order valence-corrected chi connectivity index (χ3v) is 3.07. The molecule has 0 saturated carbocycles. The van der Waals surface area contributed by atoms with Gasteiger partial charge in [-0.05, 0) is 24.6 Å². The van der Waals surface area contributed by atoms with Gasteiger partial charge in [0.25, 0.3) is 0 Å². The van der Waals surface area contributed by atoms with Crippen molar-refractivity contribution in [2.24, 2.45) is 5.16 Å². The quantitative estimate of drug-likeness (QED) is 0.656. The molecule has 0 bridgehead atoms. The predicted molar refractivity (Wildman–Crippen MR) is 82.6 cm³/mol.